The summed E-state index contributed by atoms with van der Waals surface area (Å²) in [4.78, 5) is 6.70. The molecule has 2 heterocycles. The van der Waals surface area contributed by atoms with Crippen LogP contribution in [0.2, 0.25) is 0 Å². The molecule has 0 radical (unpaired) electrons. The van der Waals surface area contributed by atoms with Gasteiger partial charge in [-0.1, -0.05) is 6.07 Å². The Morgan fingerprint density at radius 3 is 2.74 bits per heavy atom. The van der Waals surface area contributed by atoms with Crippen LogP contribution in [0.15, 0.2) is 24.4 Å². The fraction of sp³-hybridized carbons (Fsp3) is 0.500. The normalized spacial score (nSPS) is 12.1. The van der Waals surface area contributed by atoms with Gasteiger partial charge in [0.05, 0.1) is 11.3 Å². The van der Waals surface area contributed by atoms with Gasteiger partial charge in [0.1, 0.15) is 5.65 Å². The Labute approximate surface area is 113 Å². The number of aliphatic hydroxyl groups is 1. The van der Waals surface area contributed by atoms with Crippen LogP contribution in [0.4, 0.5) is 5.82 Å². The standard InChI is InChI=1S/C14H22N4O/c1-4-17(10-14(2,3)19)13-11(9-15)18-8-6-5-7-12(18)16-13/h5-8,19H,4,9-10,15H2,1-3H3. The number of fused-ring (bicyclic) bond motifs is 1. The van der Waals surface area contributed by atoms with Gasteiger partial charge in [0.15, 0.2) is 5.82 Å². The van der Waals surface area contributed by atoms with E-state index in [1.807, 2.05) is 28.8 Å². The maximum Gasteiger partial charge on any atom is 0.152 e. The molecule has 2 rings (SSSR count). The molecule has 0 atom stereocenters. The van der Waals surface area contributed by atoms with E-state index in [0.29, 0.717) is 13.1 Å². The van der Waals surface area contributed by atoms with Crippen molar-refractivity contribution in [3.8, 4) is 0 Å². The van der Waals surface area contributed by atoms with Gasteiger partial charge >= 0.3 is 0 Å². The molecule has 0 amide bonds. The van der Waals surface area contributed by atoms with Crippen molar-refractivity contribution in [1.29, 1.82) is 0 Å². The topological polar surface area (TPSA) is 66.8 Å². The second-order valence-corrected chi connectivity index (χ2v) is 5.34. The number of pyridine rings is 1. The zero-order valence-electron chi connectivity index (χ0n) is 11.8. The lowest BCUT2D eigenvalue weighted by Crippen LogP contribution is -2.39. The summed E-state index contributed by atoms with van der Waals surface area (Å²) < 4.78 is 2.00. The van der Waals surface area contributed by atoms with Gasteiger partial charge in [-0.3, -0.25) is 0 Å². The number of aromatic nitrogens is 2. The molecule has 0 saturated carbocycles. The molecule has 104 valence electrons. The third-order valence-electron chi connectivity index (χ3n) is 3.06. The molecule has 0 unspecified atom stereocenters. The summed E-state index contributed by atoms with van der Waals surface area (Å²) in [6, 6.07) is 5.88. The number of likely N-dealkylation sites (N-methyl/N-ethyl adjacent to an activating group) is 1. The van der Waals surface area contributed by atoms with Gasteiger partial charge in [0.2, 0.25) is 0 Å². The summed E-state index contributed by atoms with van der Waals surface area (Å²) in [5.41, 5.74) is 6.96. The Hall–Kier alpha value is -1.59. The summed E-state index contributed by atoms with van der Waals surface area (Å²) >= 11 is 0. The molecule has 0 aliphatic heterocycles. The van der Waals surface area contributed by atoms with E-state index in [1.165, 1.54) is 0 Å². The van der Waals surface area contributed by atoms with Gasteiger partial charge in [-0.2, -0.15) is 0 Å². The molecule has 19 heavy (non-hydrogen) atoms. The quantitative estimate of drug-likeness (QED) is 0.854. The van der Waals surface area contributed by atoms with Crippen LogP contribution in [-0.2, 0) is 6.54 Å². The van der Waals surface area contributed by atoms with Crippen molar-refractivity contribution >= 4 is 11.5 Å². The zero-order chi connectivity index (χ0) is 14.0. The van der Waals surface area contributed by atoms with Gasteiger partial charge < -0.3 is 20.1 Å². The fourth-order valence-corrected chi connectivity index (χ4v) is 2.28. The molecule has 0 saturated heterocycles. The molecule has 0 fully saturated rings. The van der Waals surface area contributed by atoms with E-state index in [1.54, 1.807) is 13.8 Å². The van der Waals surface area contributed by atoms with E-state index in [2.05, 4.69) is 16.8 Å². The van der Waals surface area contributed by atoms with Crippen LogP contribution in [0.5, 0.6) is 0 Å². The minimum absolute atomic E-state index is 0.420. The number of imidazole rings is 1. The largest absolute Gasteiger partial charge is 0.389 e. The minimum Gasteiger partial charge on any atom is -0.389 e. The monoisotopic (exact) mass is 262 g/mol. The van der Waals surface area contributed by atoms with E-state index in [0.717, 1.165) is 23.7 Å². The van der Waals surface area contributed by atoms with E-state index in [9.17, 15) is 5.11 Å². The Bertz CT molecular complexity index is 556. The Morgan fingerprint density at radius 2 is 2.16 bits per heavy atom. The first-order valence-electron chi connectivity index (χ1n) is 6.59. The summed E-state index contributed by atoms with van der Waals surface area (Å²) in [7, 11) is 0. The molecule has 3 N–H and O–H groups in total. The van der Waals surface area contributed by atoms with Gasteiger partial charge in [0, 0.05) is 25.8 Å². The van der Waals surface area contributed by atoms with Crippen molar-refractivity contribution in [2.24, 2.45) is 5.73 Å². The molecule has 0 bridgehead atoms. The van der Waals surface area contributed by atoms with Gasteiger partial charge in [-0.25, -0.2) is 4.98 Å². The molecular formula is C14H22N4O. The van der Waals surface area contributed by atoms with Crippen molar-refractivity contribution in [3.05, 3.63) is 30.1 Å². The van der Waals surface area contributed by atoms with Crippen LogP contribution in [0, 0.1) is 0 Å². The maximum atomic E-state index is 10.0. The minimum atomic E-state index is -0.766. The molecule has 5 nitrogen and oxygen atoms in total. The fourth-order valence-electron chi connectivity index (χ4n) is 2.28. The molecule has 2 aromatic rings. The summed E-state index contributed by atoms with van der Waals surface area (Å²) in [6.07, 6.45) is 1.96. The third kappa shape index (κ3) is 2.88. The van der Waals surface area contributed by atoms with Crippen LogP contribution in [0.25, 0.3) is 5.65 Å². The highest BCUT2D eigenvalue weighted by Crippen LogP contribution is 2.22. The number of hydrogen-bond acceptors (Lipinski definition) is 4. The Kier molecular flexibility index (Phi) is 3.78. The van der Waals surface area contributed by atoms with E-state index in [-0.39, 0.29) is 0 Å². The van der Waals surface area contributed by atoms with Crippen LogP contribution in [-0.4, -0.2) is 33.2 Å². The molecule has 5 heteroatoms. The first-order valence-corrected chi connectivity index (χ1v) is 6.59. The van der Waals surface area contributed by atoms with Crippen molar-refractivity contribution in [2.75, 3.05) is 18.0 Å². The SMILES string of the molecule is CCN(CC(C)(C)O)c1nc2ccccn2c1CN. The summed E-state index contributed by atoms with van der Waals surface area (Å²) in [6.45, 7) is 7.38. The van der Waals surface area contributed by atoms with Crippen LogP contribution in [0.3, 0.4) is 0 Å². The zero-order valence-corrected chi connectivity index (χ0v) is 11.8. The molecule has 0 aromatic carbocycles. The maximum absolute atomic E-state index is 10.0. The highest BCUT2D eigenvalue weighted by molar-refractivity contribution is 5.56. The molecular weight excluding hydrogens is 240 g/mol. The third-order valence-corrected chi connectivity index (χ3v) is 3.06. The van der Waals surface area contributed by atoms with E-state index >= 15 is 0 Å². The predicted molar refractivity (Wildman–Crippen MR) is 77.3 cm³/mol. The number of nitrogens with zero attached hydrogens (tertiary/aromatic N) is 3. The molecule has 2 aromatic heterocycles. The highest BCUT2D eigenvalue weighted by atomic mass is 16.3. The van der Waals surface area contributed by atoms with Gasteiger partial charge in [-0.05, 0) is 32.9 Å². The Morgan fingerprint density at radius 1 is 1.42 bits per heavy atom. The van der Waals surface area contributed by atoms with Gasteiger partial charge in [-0.15, -0.1) is 0 Å². The van der Waals surface area contributed by atoms with Crippen molar-refractivity contribution in [2.45, 2.75) is 32.9 Å². The van der Waals surface area contributed by atoms with Crippen molar-refractivity contribution in [1.82, 2.24) is 9.38 Å². The summed E-state index contributed by atoms with van der Waals surface area (Å²) in [5.74, 6) is 0.860. The number of anilines is 1. The number of rotatable bonds is 5. The number of hydrogen-bond donors (Lipinski definition) is 2. The lowest BCUT2D eigenvalue weighted by molar-refractivity contribution is 0.0874. The first kappa shape index (κ1) is 13.8. The lowest BCUT2D eigenvalue weighted by atomic mass is 10.1. The highest BCUT2D eigenvalue weighted by Gasteiger charge is 2.22. The smallest absolute Gasteiger partial charge is 0.152 e. The molecule has 0 spiro atoms. The second-order valence-electron chi connectivity index (χ2n) is 5.34. The van der Waals surface area contributed by atoms with E-state index in [4.69, 9.17) is 5.73 Å². The molecule has 0 aliphatic rings. The van der Waals surface area contributed by atoms with Crippen LogP contribution < -0.4 is 10.6 Å². The van der Waals surface area contributed by atoms with Crippen LogP contribution >= 0.6 is 0 Å². The van der Waals surface area contributed by atoms with Crippen molar-refractivity contribution < 1.29 is 5.11 Å². The predicted octanol–water partition coefficient (Wildman–Crippen LogP) is 1.39. The average molecular weight is 262 g/mol. The van der Waals surface area contributed by atoms with Gasteiger partial charge in [0.25, 0.3) is 0 Å². The number of nitrogens with two attached hydrogens (primary N) is 1. The summed E-state index contributed by atoms with van der Waals surface area (Å²) in [5, 5.41) is 10.0. The average Bonchev–Trinajstić information content (AvgIpc) is 2.73. The molecule has 0 aliphatic carbocycles. The lowest BCUT2D eigenvalue weighted by Gasteiger charge is -2.28. The second kappa shape index (κ2) is 5.19. The Balaban J connectivity index is 2.47. The van der Waals surface area contributed by atoms with Crippen LogP contribution in [0.1, 0.15) is 26.5 Å². The first-order chi connectivity index (χ1) is 8.96. The van der Waals surface area contributed by atoms with E-state index < -0.39 is 5.60 Å². The van der Waals surface area contributed by atoms with Crippen molar-refractivity contribution in [3.63, 3.8) is 0 Å².